The maximum Gasteiger partial charge on any atom is 0.330 e. The Kier molecular flexibility index (Phi) is 4.38. The van der Waals surface area contributed by atoms with Crippen LogP contribution in [0, 0.1) is 17.8 Å². The summed E-state index contributed by atoms with van der Waals surface area (Å²) in [7, 11) is 1.35. The van der Waals surface area contributed by atoms with Crippen LogP contribution in [0.15, 0.2) is 11.6 Å². The summed E-state index contributed by atoms with van der Waals surface area (Å²) in [6.07, 6.45) is 3.45. The number of hydrogen-bond acceptors (Lipinski definition) is 3. The third-order valence-electron chi connectivity index (χ3n) is 2.55. The fourth-order valence-electron chi connectivity index (χ4n) is 1.80. The molecule has 3 heteroatoms. The first kappa shape index (κ1) is 11.8. The van der Waals surface area contributed by atoms with E-state index in [1.54, 1.807) is 6.92 Å². The Balaban J connectivity index is 2.86. The van der Waals surface area contributed by atoms with Gasteiger partial charge in [0, 0.05) is 6.08 Å². The number of carbonyl (C=O) groups excluding carboxylic acids is 1. The van der Waals surface area contributed by atoms with Crippen LogP contribution >= 0.6 is 0 Å². The molecule has 0 amide bonds. The van der Waals surface area contributed by atoms with Gasteiger partial charge in [-0.05, 0) is 31.8 Å². The zero-order chi connectivity index (χ0) is 11.3. The van der Waals surface area contributed by atoms with E-state index in [4.69, 9.17) is 0 Å². The predicted molar refractivity (Wildman–Crippen MR) is 56.9 cm³/mol. The summed E-state index contributed by atoms with van der Waals surface area (Å²) in [6, 6.07) is 0. The van der Waals surface area contributed by atoms with E-state index in [0.29, 0.717) is 0 Å². The topological polar surface area (TPSA) is 46.5 Å². The van der Waals surface area contributed by atoms with E-state index >= 15 is 0 Å². The molecule has 1 fully saturated rings. The Bertz CT molecular complexity index is 319. The van der Waals surface area contributed by atoms with Gasteiger partial charge in [-0.1, -0.05) is 5.92 Å². The molecule has 3 nitrogen and oxygen atoms in total. The van der Waals surface area contributed by atoms with Gasteiger partial charge >= 0.3 is 5.97 Å². The van der Waals surface area contributed by atoms with Crippen LogP contribution in [-0.4, -0.2) is 24.3 Å². The van der Waals surface area contributed by atoms with E-state index in [1.165, 1.54) is 13.2 Å². The number of methoxy groups -OCH3 is 1. The van der Waals surface area contributed by atoms with Crippen LogP contribution < -0.4 is 0 Å². The number of hydrogen-bond donors (Lipinski definition) is 1. The molecule has 2 atom stereocenters. The van der Waals surface area contributed by atoms with Crippen LogP contribution in [0.3, 0.4) is 0 Å². The highest BCUT2D eigenvalue weighted by Crippen LogP contribution is 2.29. The van der Waals surface area contributed by atoms with Crippen LogP contribution in [0.5, 0.6) is 0 Å². The highest BCUT2D eigenvalue weighted by molar-refractivity contribution is 5.82. The van der Waals surface area contributed by atoms with Crippen molar-refractivity contribution in [2.75, 3.05) is 7.11 Å². The van der Waals surface area contributed by atoms with E-state index in [1.807, 2.05) is 0 Å². The minimum absolute atomic E-state index is 0.206. The number of aliphatic hydroxyl groups is 1. The van der Waals surface area contributed by atoms with Crippen LogP contribution in [0.25, 0.3) is 0 Å². The third-order valence-corrected chi connectivity index (χ3v) is 2.55. The Morgan fingerprint density at radius 3 is 3.00 bits per heavy atom. The summed E-state index contributed by atoms with van der Waals surface area (Å²) in [5.74, 6) is 5.14. The van der Waals surface area contributed by atoms with Gasteiger partial charge < -0.3 is 9.84 Å². The molecule has 82 valence electrons. The van der Waals surface area contributed by atoms with Crippen molar-refractivity contribution in [2.45, 2.75) is 32.3 Å². The van der Waals surface area contributed by atoms with Crippen molar-refractivity contribution in [2.24, 2.45) is 5.92 Å². The smallest absolute Gasteiger partial charge is 0.330 e. The lowest BCUT2D eigenvalue weighted by atomic mass is 9.82. The van der Waals surface area contributed by atoms with Crippen molar-refractivity contribution < 1.29 is 14.6 Å². The first-order chi connectivity index (χ1) is 7.19. The van der Waals surface area contributed by atoms with E-state index in [0.717, 1.165) is 24.8 Å². The molecule has 0 bridgehead atoms. The van der Waals surface area contributed by atoms with Gasteiger partial charge in [-0.2, -0.15) is 0 Å². The van der Waals surface area contributed by atoms with Gasteiger partial charge in [0.2, 0.25) is 0 Å². The number of rotatable bonds is 1. The lowest BCUT2D eigenvalue weighted by molar-refractivity contribution is -0.134. The van der Waals surface area contributed by atoms with Gasteiger partial charge in [0.25, 0.3) is 0 Å². The van der Waals surface area contributed by atoms with Crippen molar-refractivity contribution in [3.63, 3.8) is 0 Å². The molecular weight excluding hydrogens is 192 g/mol. The SMILES string of the molecule is CC#CC1/C(=C/C(=O)OC)CCCC1O. The van der Waals surface area contributed by atoms with Gasteiger partial charge in [0.15, 0.2) is 0 Å². The highest BCUT2D eigenvalue weighted by Gasteiger charge is 2.26. The molecule has 1 N–H and O–H groups in total. The Morgan fingerprint density at radius 2 is 2.40 bits per heavy atom. The van der Waals surface area contributed by atoms with Gasteiger partial charge in [-0.3, -0.25) is 0 Å². The highest BCUT2D eigenvalue weighted by atomic mass is 16.5. The van der Waals surface area contributed by atoms with E-state index < -0.39 is 6.10 Å². The Morgan fingerprint density at radius 1 is 1.67 bits per heavy atom. The first-order valence-electron chi connectivity index (χ1n) is 5.07. The molecule has 0 radical (unpaired) electrons. The number of esters is 1. The molecular formula is C12H16O3. The number of carbonyl (C=O) groups is 1. The molecule has 2 unspecified atom stereocenters. The zero-order valence-corrected chi connectivity index (χ0v) is 9.12. The van der Waals surface area contributed by atoms with E-state index in [2.05, 4.69) is 16.6 Å². The third kappa shape index (κ3) is 3.10. The largest absolute Gasteiger partial charge is 0.466 e. The van der Waals surface area contributed by atoms with Crippen molar-refractivity contribution in [3.05, 3.63) is 11.6 Å². The molecule has 0 spiro atoms. The van der Waals surface area contributed by atoms with Gasteiger partial charge in [0.1, 0.15) is 0 Å². The van der Waals surface area contributed by atoms with Crippen LogP contribution in [-0.2, 0) is 9.53 Å². The zero-order valence-electron chi connectivity index (χ0n) is 9.12. The summed E-state index contributed by atoms with van der Waals surface area (Å²) >= 11 is 0. The molecule has 0 aromatic carbocycles. The average Bonchev–Trinajstić information content (AvgIpc) is 2.23. The molecule has 1 aliphatic rings. The summed E-state index contributed by atoms with van der Waals surface area (Å²) in [5.41, 5.74) is 0.884. The molecule has 0 aromatic heterocycles. The summed E-state index contributed by atoms with van der Waals surface area (Å²) in [4.78, 5) is 11.1. The number of aliphatic hydroxyl groups excluding tert-OH is 1. The first-order valence-corrected chi connectivity index (χ1v) is 5.07. The molecule has 1 rings (SSSR count). The molecule has 0 aromatic rings. The standard InChI is InChI=1S/C12H16O3/c1-3-5-10-9(8-12(14)15-2)6-4-7-11(10)13/h8,10-11,13H,4,6-7H2,1-2H3/b9-8+. The Hall–Kier alpha value is -1.27. The summed E-state index contributed by atoms with van der Waals surface area (Å²) < 4.78 is 4.57. The second-order valence-corrected chi connectivity index (χ2v) is 3.57. The van der Waals surface area contributed by atoms with Crippen molar-refractivity contribution in [1.29, 1.82) is 0 Å². The van der Waals surface area contributed by atoms with Crippen LogP contribution in [0.2, 0.25) is 0 Å². The normalized spacial score (nSPS) is 28.1. The second kappa shape index (κ2) is 5.57. The van der Waals surface area contributed by atoms with Crippen molar-refractivity contribution >= 4 is 5.97 Å². The lowest BCUT2D eigenvalue weighted by Gasteiger charge is -2.26. The maximum atomic E-state index is 11.1. The van der Waals surface area contributed by atoms with E-state index in [-0.39, 0.29) is 11.9 Å². The maximum absolute atomic E-state index is 11.1. The minimum atomic E-state index is -0.456. The minimum Gasteiger partial charge on any atom is -0.466 e. The van der Waals surface area contributed by atoms with Gasteiger partial charge in [0.05, 0.1) is 19.1 Å². The van der Waals surface area contributed by atoms with E-state index in [9.17, 15) is 9.90 Å². The van der Waals surface area contributed by atoms with Crippen molar-refractivity contribution in [3.8, 4) is 11.8 Å². The lowest BCUT2D eigenvalue weighted by Crippen LogP contribution is -2.26. The van der Waals surface area contributed by atoms with Gasteiger partial charge in [-0.15, -0.1) is 5.92 Å². The molecule has 0 saturated heterocycles. The fraction of sp³-hybridized carbons (Fsp3) is 0.583. The quantitative estimate of drug-likeness (QED) is 0.401. The molecule has 15 heavy (non-hydrogen) atoms. The number of ether oxygens (including phenoxy) is 1. The average molecular weight is 208 g/mol. The second-order valence-electron chi connectivity index (χ2n) is 3.57. The van der Waals surface area contributed by atoms with Gasteiger partial charge in [-0.25, -0.2) is 4.79 Å². The molecule has 0 aliphatic heterocycles. The molecule has 1 saturated carbocycles. The fourth-order valence-corrected chi connectivity index (χ4v) is 1.80. The van der Waals surface area contributed by atoms with Crippen molar-refractivity contribution in [1.82, 2.24) is 0 Å². The monoisotopic (exact) mass is 208 g/mol. The predicted octanol–water partition coefficient (Wildman–Crippen LogP) is 1.27. The van der Waals surface area contributed by atoms with Crippen LogP contribution in [0.4, 0.5) is 0 Å². The van der Waals surface area contributed by atoms with Crippen LogP contribution in [0.1, 0.15) is 26.2 Å². The Labute approximate surface area is 90.1 Å². The summed E-state index contributed by atoms with van der Waals surface area (Å²) in [6.45, 7) is 1.73. The molecule has 0 heterocycles. The summed E-state index contributed by atoms with van der Waals surface area (Å²) in [5, 5.41) is 9.76. The molecule has 1 aliphatic carbocycles.